The van der Waals surface area contributed by atoms with Crippen LogP contribution in [0.15, 0.2) is 24.3 Å². The first-order chi connectivity index (χ1) is 10.2. The number of hydrogen-bond donors (Lipinski definition) is 1. The maximum absolute atomic E-state index is 14.1. The maximum Gasteiger partial charge on any atom is 0.241 e. The van der Waals surface area contributed by atoms with E-state index in [1.165, 1.54) is 18.9 Å². The van der Waals surface area contributed by atoms with Crippen LogP contribution in [0.4, 0.5) is 4.39 Å². The van der Waals surface area contributed by atoms with Crippen molar-refractivity contribution in [1.82, 2.24) is 10.2 Å². The Labute approximate surface area is 125 Å². The lowest BCUT2D eigenvalue weighted by Crippen LogP contribution is -2.40. The van der Waals surface area contributed by atoms with Crippen molar-refractivity contribution in [3.05, 3.63) is 35.6 Å². The molecule has 1 N–H and O–H groups in total. The van der Waals surface area contributed by atoms with Gasteiger partial charge in [-0.3, -0.25) is 10.1 Å². The average Bonchev–Trinajstić information content (AvgIpc) is 2.69. The van der Waals surface area contributed by atoms with Gasteiger partial charge in [-0.2, -0.15) is 0 Å². The van der Waals surface area contributed by atoms with E-state index in [9.17, 15) is 9.18 Å². The molecule has 2 aliphatic rings. The van der Waals surface area contributed by atoms with Crippen LogP contribution in [0.1, 0.15) is 57.2 Å². The van der Waals surface area contributed by atoms with Crippen LogP contribution in [0.2, 0.25) is 0 Å². The minimum Gasteiger partial charge on any atom is -0.318 e. The van der Waals surface area contributed by atoms with Crippen LogP contribution in [0.5, 0.6) is 0 Å². The molecule has 3 nitrogen and oxygen atoms in total. The molecule has 1 aromatic rings. The molecule has 3 rings (SSSR count). The van der Waals surface area contributed by atoms with Gasteiger partial charge in [0.25, 0.3) is 0 Å². The third kappa shape index (κ3) is 2.82. The largest absolute Gasteiger partial charge is 0.318 e. The number of carbonyl (C=O) groups excluding carboxylic acids is 1. The van der Waals surface area contributed by atoms with E-state index in [2.05, 4.69) is 5.32 Å². The Bertz CT molecular complexity index is 511. The van der Waals surface area contributed by atoms with E-state index in [4.69, 9.17) is 0 Å². The number of hydrogen-bond acceptors (Lipinski definition) is 2. The highest BCUT2D eigenvalue weighted by Crippen LogP contribution is 2.33. The number of nitrogens with zero attached hydrogens (tertiary/aromatic N) is 1. The molecule has 0 bridgehead atoms. The molecule has 1 heterocycles. The van der Waals surface area contributed by atoms with Crippen LogP contribution in [0.3, 0.4) is 0 Å². The van der Waals surface area contributed by atoms with E-state index >= 15 is 0 Å². The quantitative estimate of drug-likeness (QED) is 0.847. The Morgan fingerprint density at radius 2 is 1.81 bits per heavy atom. The molecular formula is C17H23FN2O. The maximum atomic E-state index is 14.1. The van der Waals surface area contributed by atoms with Gasteiger partial charge in [0.1, 0.15) is 12.0 Å². The molecule has 2 fully saturated rings. The number of halogens is 1. The molecule has 1 aliphatic carbocycles. The minimum atomic E-state index is -0.322. The molecule has 1 aromatic carbocycles. The number of nitrogens with one attached hydrogen (secondary N) is 1. The topological polar surface area (TPSA) is 32.3 Å². The Morgan fingerprint density at radius 1 is 1.14 bits per heavy atom. The third-order valence-corrected chi connectivity index (χ3v) is 4.73. The zero-order chi connectivity index (χ0) is 14.8. The lowest BCUT2D eigenvalue weighted by Gasteiger charge is -2.32. The molecule has 1 amide bonds. The zero-order valence-electron chi connectivity index (χ0n) is 12.5. The van der Waals surface area contributed by atoms with Crippen molar-refractivity contribution in [2.75, 3.05) is 0 Å². The SMILES string of the molecule is CC1NC(c2ccccc2F)N(C2CCCCCC2)C1=O. The number of benzene rings is 1. The second-order valence-corrected chi connectivity index (χ2v) is 6.20. The lowest BCUT2D eigenvalue weighted by atomic mass is 10.0. The minimum absolute atomic E-state index is 0.107. The van der Waals surface area contributed by atoms with Gasteiger partial charge in [-0.05, 0) is 25.8 Å². The summed E-state index contributed by atoms with van der Waals surface area (Å²) in [6.45, 7) is 1.87. The molecule has 21 heavy (non-hydrogen) atoms. The van der Waals surface area contributed by atoms with Crippen LogP contribution in [-0.4, -0.2) is 22.9 Å². The van der Waals surface area contributed by atoms with E-state index in [1.54, 1.807) is 12.1 Å². The summed E-state index contributed by atoms with van der Waals surface area (Å²) in [7, 11) is 0. The zero-order valence-corrected chi connectivity index (χ0v) is 12.5. The van der Waals surface area contributed by atoms with Crippen molar-refractivity contribution in [3.63, 3.8) is 0 Å². The Kier molecular flexibility index (Phi) is 4.24. The predicted octanol–water partition coefficient (Wildman–Crippen LogP) is 3.37. The summed E-state index contributed by atoms with van der Waals surface area (Å²) in [4.78, 5) is 14.5. The standard InChI is InChI=1S/C17H23FN2O/c1-12-17(21)20(13-8-4-2-3-5-9-13)16(19-12)14-10-6-7-11-15(14)18/h6-7,10-13,16,19H,2-5,8-9H2,1H3. The Morgan fingerprint density at radius 3 is 2.48 bits per heavy atom. The molecule has 1 saturated heterocycles. The van der Waals surface area contributed by atoms with E-state index in [-0.39, 0.29) is 30.0 Å². The van der Waals surface area contributed by atoms with Crippen molar-refractivity contribution in [1.29, 1.82) is 0 Å². The van der Waals surface area contributed by atoms with E-state index in [1.807, 2.05) is 17.9 Å². The Hall–Kier alpha value is -1.42. The molecule has 1 saturated carbocycles. The van der Waals surface area contributed by atoms with Gasteiger partial charge in [-0.15, -0.1) is 0 Å². The van der Waals surface area contributed by atoms with E-state index in [0.717, 1.165) is 25.7 Å². The van der Waals surface area contributed by atoms with Gasteiger partial charge in [-0.1, -0.05) is 43.9 Å². The first-order valence-electron chi connectivity index (χ1n) is 8.01. The highest BCUT2D eigenvalue weighted by molar-refractivity contribution is 5.84. The van der Waals surface area contributed by atoms with Crippen molar-refractivity contribution in [2.45, 2.75) is 63.7 Å². The van der Waals surface area contributed by atoms with Crippen molar-refractivity contribution in [2.24, 2.45) is 0 Å². The summed E-state index contributed by atoms with van der Waals surface area (Å²) < 4.78 is 14.1. The summed E-state index contributed by atoms with van der Waals surface area (Å²) in [6, 6.07) is 6.77. The van der Waals surface area contributed by atoms with Gasteiger partial charge < -0.3 is 4.90 Å². The second kappa shape index (κ2) is 6.14. The van der Waals surface area contributed by atoms with Crippen LogP contribution >= 0.6 is 0 Å². The molecule has 2 unspecified atom stereocenters. The lowest BCUT2D eigenvalue weighted by molar-refractivity contribution is -0.132. The fourth-order valence-electron chi connectivity index (χ4n) is 3.60. The second-order valence-electron chi connectivity index (χ2n) is 6.20. The molecule has 0 aromatic heterocycles. The van der Waals surface area contributed by atoms with Crippen LogP contribution in [-0.2, 0) is 4.79 Å². The summed E-state index contributed by atoms with van der Waals surface area (Å²) in [6.07, 6.45) is 6.55. The third-order valence-electron chi connectivity index (χ3n) is 4.73. The molecule has 2 atom stereocenters. The molecular weight excluding hydrogens is 267 g/mol. The monoisotopic (exact) mass is 290 g/mol. The average molecular weight is 290 g/mol. The number of carbonyl (C=O) groups is 1. The summed E-state index contributed by atoms with van der Waals surface area (Å²) in [5.41, 5.74) is 0.583. The summed E-state index contributed by atoms with van der Waals surface area (Å²) >= 11 is 0. The fourth-order valence-corrected chi connectivity index (χ4v) is 3.60. The van der Waals surface area contributed by atoms with Gasteiger partial charge in [-0.25, -0.2) is 4.39 Å². The normalized spacial score (nSPS) is 27.9. The highest BCUT2D eigenvalue weighted by atomic mass is 19.1. The highest BCUT2D eigenvalue weighted by Gasteiger charge is 2.41. The Balaban J connectivity index is 1.90. The summed E-state index contributed by atoms with van der Waals surface area (Å²) in [5.74, 6) is -0.134. The predicted molar refractivity (Wildman–Crippen MR) is 80.1 cm³/mol. The molecule has 4 heteroatoms. The number of rotatable bonds is 2. The molecule has 1 aliphatic heterocycles. The smallest absolute Gasteiger partial charge is 0.241 e. The first-order valence-corrected chi connectivity index (χ1v) is 8.01. The van der Waals surface area contributed by atoms with Crippen LogP contribution < -0.4 is 5.32 Å². The number of amides is 1. The fraction of sp³-hybridized carbons (Fsp3) is 0.588. The molecule has 0 radical (unpaired) electrons. The van der Waals surface area contributed by atoms with Crippen molar-refractivity contribution in [3.8, 4) is 0 Å². The van der Waals surface area contributed by atoms with Crippen LogP contribution in [0, 0.1) is 5.82 Å². The van der Waals surface area contributed by atoms with Crippen molar-refractivity contribution < 1.29 is 9.18 Å². The van der Waals surface area contributed by atoms with Gasteiger partial charge in [0.2, 0.25) is 5.91 Å². The van der Waals surface area contributed by atoms with Crippen molar-refractivity contribution >= 4 is 5.91 Å². The van der Waals surface area contributed by atoms with E-state index < -0.39 is 0 Å². The van der Waals surface area contributed by atoms with Gasteiger partial charge in [0.15, 0.2) is 0 Å². The van der Waals surface area contributed by atoms with Gasteiger partial charge in [0.05, 0.1) is 6.04 Å². The van der Waals surface area contributed by atoms with Gasteiger partial charge in [0, 0.05) is 11.6 Å². The van der Waals surface area contributed by atoms with Crippen LogP contribution in [0.25, 0.3) is 0 Å². The van der Waals surface area contributed by atoms with Gasteiger partial charge >= 0.3 is 0 Å². The molecule has 114 valence electrons. The first kappa shape index (κ1) is 14.5. The molecule has 0 spiro atoms. The van der Waals surface area contributed by atoms with E-state index in [0.29, 0.717) is 5.56 Å². The summed E-state index contributed by atoms with van der Waals surface area (Å²) in [5, 5.41) is 3.26.